The van der Waals surface area contributed by atoms with Crippen molar-refractivity contribution in [2.75, 3.05) is 11.5 Å². The molecule has 2 heterocycles. The van der Waals surface area contributed by atoms with Gasteiger partial charge in [0.2, 0.25) is 0 Å². The number of imide groups is 2. The number of hydrogen-bond donors (Lipinski definition) is 1. The van der Waals surface area contributed by atoms with Crippen LogP contribution in [0.1, 0.15) is 11.3 Å². The van der Waals surface area contributed by atoms with E-state index in [-0.39, 0.29) is 11.3 Å². The first-order valence-electron chi connectivity index (χ1n) is 10.0. The highest BCUT2D eigenvalue weighted by Gasteiger charge is 2.37. The molecular weight excluding hydrogens is 449 g/mol. The molecule has 0 saturated carbocycles. The van der Waals surface area contributed by atoms with Gasteiger partial charge >= 0.3 is 6.03 Å². The fourth-order valence-corrected chi connectivity index (χ4v) is 3.48. The molecule has 4 rings (SSSR count). The molecule has 9 heteroatoms. The van der Waals surface area contributed by atoms with Crippen molar-refractivity contribution in [1.82, 2.24) is 9.88 Å². The molecule has 0 bridgehead atoms. The summed E-state index contributed by atoms with van der Waals surface area (Å²) in [5.74, 6) is -1.43. The summed E-state index contributed by atoms with van der Waals surface area (Å²) in [5, 5.41) is 2.81. The molecule has 1 fully saturated rings. The van der Waals surface area contributed by atoms with E-state index in [0.717, 1.165) is 22.6 Å². The molecule has 0 spiro atoms. The van der Waals surface area contributed by atoms with Gasteiger partial charge in [0.15, 0.2) is 0 Å². The van der Waals surface area contributed by atoms with Crippen LogP contribution in [0.15, 0.2) is 66.4 Å². The number of amides is 4. The lowest BCUT2D eigenvalue weighted by Gasteiger charge is -2.26. The Morgan fingerprint density at radius 1 is 1.09 bits per heavy atom. The summed E-state index contributed by atoms with van der Waals surface area (Å²) in [6.45, 7) is 2.67. The van der Waals surface area contributed by atoms with Crippen LogP contribution in [0.3, 0.4) is 0 Å². The molecule has 3 aromatic rings. The Morgan fingerprint density at radius 2 is 1.85 bits per heavy atom. The third-order valence-corrected chi connectivity index (χ3v) is 5.50. The van der Waals surface area contributed by atoms with Crippen LogP contribution in [-0.2, 0) is 16.1 Å². The maximum atomic E-state index is 13.2. The van der Waals surface area contributed by atoms with E-state index in [4.69, 9.17) is 16.3 Å². The Kier molecular flexibility index (Phi) is 6.28. The van der Waals surface area contributed by atoms with Crippen molar-refractivity contribution in [3.8, 4) is 5.75 Å². The SMILES string of the molecule is Cc1cc(OCCn2cccc2/C=C2\C(=O)NC(=O)N(c3ccc(F)cc3)C2=O)ccc1Cl. The minimum Gasteiger partial charge on any atom is -0.492 e. The quantitative estimate of drug-likeness (QED) is 0.432. The standard InChI is InChI=1S/C24H19ClFN3O4/c1-15-13-19(8-9-21(15)25)33-12-11-28-10-2-3-18(28)14-20-22(30)27-24(32)29(23(20)31)17-6-4-16(26)5-7-17/h2-10,13-14H,11-12H2,1H3,(H,27,30,32)/b20-14+. The number of rotatable bonds is 6. The number of aryl methyl sites for hydroxylation is 1. The summed E-state index contributed by atoms with van der Waals surface area (Å²) >= 11 is 6.03. The van der Waals surface area contributed by atoms with Crippen LogP contribution in [0.5, 0.6) is 5.75 Å². The van der Waals surface area contributed by atoms with Gasteiger partial charge in [0.05, 0.1) is 12.2 Å². The molecule has 0 radical (unpaired) electrons. The molecule has 1 aromatic heterocycles. The molecule has 1 aliphatic rings. The number of aromatic nitrogens is 1. The highest BCUT2D eigenvalue weighted by molar-refractivity contribution is 6.39. The van der Waals surface area contributed by atoms with E-state index in [1.165, 1.54) is 18.2 Å². The van der Waals surface area contributed by atoms with Crippen LogP contribution < -0.4 is 15.0 Å². The summed E-state index contributed by atoms with van der Waals surface area (Å²) in [4.78, 5) is 38.4. The maximum absolute atomic E-state index is 13.2. The first-order valence-corrected chi connectivity index (χ1v) is 10.4. The molecule has 1 aliphatic heterocycles. The lowest BCUT2D eigenvalue weighted by atomic mass is 10.1. The smallest absolute Gasteiger partial charge is 0.335 e. The van der Waals surface area contributed by atoms with E-state index in [1.54, 1.807) is 30.5 Å². The van der Waals surface area contributed by atoms with E-state index in [9.17, 15) is 18.8 Å². The van der Waals surface area contributed by atoms with Gasteiger partial charge in [-0.3, -0.25) is 14.9 Å². The van der Waals surface area contributed by atoms with Crippen LogP contribution in [0.2, 0.25) is 5.02 Å². The minimum atomic E-state index is -0.893. The van der Waals surface area contributed by atoms with E-state index < -0.39 is 23.7 Å². The second-order valence-corrected chi connectivity index (χ2v) is 7.73. The third-order valence-electron chi connectivity index (χ3n) is 5.07. The van der Waals surface area contributed by atoms with Gasteiger partial charge in [-0.15, -0.1) is 0 Å². The summed E-state index contributed by atoms with van der Waals surface area (Å²) in [6, 6.07) is 12.8. The molecule has 33 heavy (non-hydrogen) atoms. The molecule has 0 atom stereocenters. The number of anilines is 1. The molecule has 168 valence electrons. The Bertz CT molecular complexity index is 1270. The average molecular weight is 468 g/mol. The van der Waals surface area contributed by atoms with Gasteiger partial charge < -0.3 is 9.30 Å². The van der Waals surface area contributed by atoms with E-state index in [0.29, 0.717) is 29.6 Å². The average Bonchev–Trinajstić information content (AvgIpc) is 3.22. The van der Waals surface area contributed by atoms with Crippen LogP contribution in [0.25, 0.3) is 6.08 Å². The highest BCUT2D eigenvalue weighted by atomic mass is 35.5. The minimum absolute atomic E-state index is 0.152. The lowest BCUT2D eigenvalue weighted by molar-refractivity contribution is -0.122. The van der Waals surface area contributed by atoms with Gasteiger partial charge in [-0.1, -0.05) is 11.6 Å². The molecule has 1 saturated heterocycles. The monoisotopic (exact) mass is 467 g/mol. The molecule has 1 N–H and O–H groups in total. The molecular formula is C24H19ClFN3O4. The van der Waals surface area contributed by atoms with Crippen LogP contribution in [-0.4, -0.2) is 29.0 Å². The van der Waals surface area contributed by atoms with Gasteiger partial charge in [-0.05, 0) is 73.2 Å². The van der Waals surface area contributed by atoms with Crippen LogP contribution in [0, 0.1) is 12.7 Å². The normalized spacial score (nSPS) is 15.2. The highest BCUT2D eigenvalue weighted by Crippen LogP contribution is 2.23. The lowest BCUT2D eigenvalue weighted by Crippen LogP contribution is -2.54. The van der Waals surface area contributed by atoms with Crippen molar-refractivity contribution in [2.45, 2.75) is 13.5 Å². The van der Waals surface area contributed by atoms with Crippen molar-refractivity contribution in [1.29, 1.82) is 0 Å². The van der Waals surface area contributed by atoms with Crippen molar-refractivity contribution in [2.24, 2.45) is 0 Å². The van der Waals surface area contributed by atoms with E-state index in [2.05, 4.69) is 5.32 Å². The second-order valence-electron chi connectivity index (χ2n) is 7.32. The molecule has 0 unspecified atom stereocenters. The Morgan fingerprint density at radius 3 is 2.58 bits per heavy atom. The van der Waals surface area contributed by atoms with Crippen molar-refractivity contribution >= 4 is 41.2 Å². The number of carbonyl (C=O) groups is 3. The summed E-state index contributed by atoms with van der Waals surface area (Å²) in [5.41, 5.74) is 1.42. The van der Waals surface area contributed by atoms with Gasteiger partial charge in [0, 0.05) is 16.9 Å². The summed E-state index contributed by atoms with van der Waals surface area (Å²) in [7, 11) is 0. The number of nitrogens with one attached hydrogen (secondary N) is 1. The number of hydrogen-bond acceptors (Lipinski definition) is 4. The van der Waals surface area contributed by atoms with Crippen LogP contribution in [0.4, 0.5) is 14.9 Å². The summed E-state index contributed by atoms with van der Waals surface area (Å²) in [6.07, 6.45) is 3.20. The topological polar surface area (TPSA) is 80.6 Å². The Balaban J connectivity index is 1.52. The first-order chi connectivity index (χ1) is 15.8. The largest absolute Gasteiger partial charge is 0.492 e. The molecule has 2 aromatic carbocycles. The molecule has 0 aliphatic carbocycles. The Labute approximate surface area is 194 Å². The number of ether oxygens (including phenoxy) is 1. The number of nitrogens with zero attached hydrogens (tertiary/aromatic N) is 2. The number of urea groups is 1. The third kappa shape index (κ3) is 4.80. The zero-order valence-corrected chi connectivity index (χ0v) is 18.3. The fraction of sp³-hybridized carbons (Fsp3) is 0.125. The number of halogens is 2. The van der Waals surface area contributed by atoms with Gasteiger partial charge in [0.1, 0.15) is 23.7 Å². The van der Waals surface area contributed by atoms with Gasteiger partial charge in [-0.2, -0.15) is 0 Å². The molecule has 4 amide bonds. The second kappa shape index (κ2) is 9.30. The predicted molar refractivity (Wildman–Crippen MR) is 122 cm³/mol. The Hall–Kier alpha value is -3.91. The predicted octanol–water partition coefficient (Wildman–Crippen LogP) is 4.33. The summed E-state index contributed by atoms with van der Waals surface area (Å²) < 4.78 is 20.8. The van der Waals surface area contributed by atoms with E-state index in [1.807, 2.05) is 17.6 Å². The van der Waals surface area contributed by atoms with Crippen molar-refractivity contribution < 1.29 is 23.5 Å². The fourth-order valence-electron chi connectivity index (χ4n) is 3.36. The van der Waals surface area contributed by atoms with Crippen molar-refractivity contribution in [3.63, 3.8) is 0 Å². The zero-order valence-electron chi connectivity index (χ0n) is 17.5. The van der Waals surface area contributed by atoms with Gasteiger partial charge in [0.25, 0.3) is 11.8 Å². The van der Waals surface area contributed by atoms with Crippen LogP contribution >= 0.6 is 11.6 Å². The number of barbiturate groups is 1. The number of benzene rings is 2. The number of carbonyl (C=O) groups excluding carboxylic acids is 3. The van der Waals surface area contributed by atoms with Crippen molar-refractivity contribution in [3.05, 3.63) is 88.5 Å². The zero-order chi connectivity index (χ0) is 23.5. The maximum Gasteiger partial charge on any atom is 0.335 e. The van der Waals surface area contributed by atoms with E-state index >= 15 is 0 Å². The molecule has 7 nitrogen and oxygen atoms in total. The first kappa shape index (κ1) is 22.3. The van der Waals surface area contributed by atoms with Gasteiger partial charge in [-0.25, -0.2) is 14.1 Å².